The molecule has 0 bridgehead atoms. The van der Waals surface area contributed by atoms with Gasteiger partial charge in [0.15, 0.2) is 0 Å². The van der Waals surface area contributed by atoms with Crippen molar-refractivity contribution in [2.45, 2.75) is 51.5 Å². The average Bonchev–Trinajstić information content (AvgIpc) is 2.64. The predicted molar refractivity (Wildman–Crippen MR) is 114 cm³/mol. The van der Waals surface area contributed by atoms with Crippen LogP contribution in [0, 0.1) is 19.8 Å². The number of nitrogens with one attached hydrogen (secondary N) is 1. The normalized spacial score (nSPS) is 22.0. The van der Waals surface area contributed by atoms with E-state index in [0.717, 1.165) is 37.1 Å². The third-order valence-electron chi connectivity index (χ3n) is 5.99. The Morgan fingerprint density at radius 1 is 1.11 bits per heavy atom. The zero-order chi connectivity index (χ0) is 19.8. The molecular weight excluding hydrogens is 398 g/mol. The highest BCUT2D eigenvalue weighted by molar-refractivity contribution is 7.89. The molecule has 1 atom stereocenters. The Kier molecular flexibility index (Phi) is 7.53. The van der Waals surface area contributed by atoms with Crippen LogP contribution in [0.25, 0.3) is 0 Å². The topological polar surface area (TPSA) is 69.7 Å². The number of sulfonamides is 1. The number of carbonyl (C=O) groups excluding carboxylic acids is 1. The zero-order valence-corrected chi connectivity index (χ0v) is 18.8. The maximum atomic E-state index is 13.3. The van der Waals surface area contributed by atoms with Gasteiger partial charge in [-0.1, -0.05) is 6.92 Å². The minimum atomic E-state index is -3.59. The Bertz CT molecular complexity index is 820. The van der Waals surface area contributed by atoms with Crippen LogP contribution < -0.4 is 5.32 Å². The summed E-state index contributed by atoms with van der Waals surface area (Å²) >= 11 is 0. The number of rotatable bonds is 3. The van der Waals surface area contributed by atoms with Crippen LogP contribution in [-0.2, 0) is 10.0 Å². The van der Waals surface area contributed by atoms with Gasteiger partial charge in [0.1, 0.15) is 0 Å². The third-order valence-corrected chi connectivity index (χ3v) is 8.01. The van der Waals surface area contributed by atoms with E-state index in [1.54, 1.807) is 10.4 Å². The van der Waals surface area contributed by atoms with Crippen LogP contribution in [0.15, 0.2) is 17.0 Å². The lowest BCUT2D eigenvalue weighted by molar-refractivity contribution is 0.0655. The molecule has 1 amide bonds. The molecule has 2 heterocycles. The summed E-state index contributed by atoms with van der Waals surface area (Å²) in [6, 6.07) is 3.51. The van der Waals surface area contributed by atoms with Gasteiger partial charge in [0.2, 0.25) is 10.0 Å². The van der Waals surface area contributed by atoms with Crippen LogP contribution in [0.3, 0.4) is 0 Å². The maximum Gasteiger partial charge on any atom is 0.254 e. The molecule has 0 unspecified atom stereocenters. The molecule has 1 N–H and O–H groups in total. The van der Waals surface area contributed by atoms with Crippen molar-refractivity contribution in [2.75, 3.05) is 32.7 Å². The molecule has 6 nitrogen and oxygen atoms in total. The van der Waals surface area contributed by atoms with Crippen LogP contribution in [0.2, 0.25) is 0 Å². The summed E-state index contributed by atoms with van der Waals surface area (Å²) in [6.45, 7) is 11.1. The first kappa shape index (κ1) is 23.1. The molecule has 2 fully saturated rings. The summed E-state index contributed by atoms with van der Waals surface area (Å²) < 4.78 is 28.1. The molecule has 0 spiro atoms. The molecule has 2 aliphatic rings. The number of carbonyl (C=O) groups is 1. The number of halogens is 1. The Hall–Kier alpha value is -1.15. The summed E-state index contributed by atoms with van der Waals surface area (Å²) in [5.41, 5.74) is 2.04. The first-order valence-corrected chi connectivity index (χ1v) is 11.3. The van der Waals surface area contributed by atoms with Crippen LogP contribution >= 0.6 is 12.4 Å². The Labute approximate surface area is 175 Å². The van der Waals surface area contributed by atoms with Gasteiger partial charge in [0, 0.05) is 44.3 Å². The van der Waals surface area contributed by atoms with Crippen molar-refractivity contribution < 1.29 is 13.2 Å². The van der Waals surface area contributed by atoms with Gasteiger partial charge in [-0.3, -0.25) is 4.79 Å². The molecule has 0 aromatic heterocycles. The van der Waals surface area contributed by atoms with Gasteiger partial charge in [-0.15, -0.1) is 12.4 Å². The molecule has 1 aromatic carbocycles. The second-order valence-corrected chi connectivity index (χ2v) is 9.96. The van der Waals surface area contributed by atoms with Crippen molar-refractivity contribution in [3.05, 3.63) is 28.8 Å². The van der Waals surface area contributed by atoms with Gasteiger partial charge in [-0.05, 0) is 62.8 Å². The highest BCUT2D eigenvalue weighted by Gasteiger charge is 2.31. The second kappa shape index (κ2) is 9.11. The van der Waals surface area contributed by atoms with Crippen LogP contribution in [0.4, 0.5) is 0 Å². The smallest absolute Gasteiger partial charge is 0.254 e. The Balaban J connectivity index is 0.00000280. The van der Waals surface area contributed by atoms with Crippen molar-refractivity contribution in [3.63, 3.8) is 0 Å². The first-order chi connectivity index (χ1) is 12.7. The van der Waals surface area contributed by atoms with Gasteiger partial charge in [-0.2, -0.15) is 4.31 Å². The van der Waals surface area contributed by atoms with E-state index in [4.69, 9.17) is 0 Å². The molecule has 158 valence electrons. The summed E-state index contributed by atoms with van der Waals surface area (Å²) in [4.78, 5) is 15.2. The molecule has 3 rings (SSSR count). The standard InChI is InChI=1S/C20H31N3O3S.ClH/c1-14-5-8-22(9-6-14)27(25,26)19-12-18(11-15(2)17(19)4)20(24)23-10-7-21-13-16(23)3;/h11-12,14,16,21H,5-10,13H2,1-4H3;1H/t16-;/m1./s1. The fraction of sp³-hybridized carbons (Fsp3) is 0.650. The van der Waals surface area contributed by atoms with Gasteiger partial charge in [0.25, 0.3) is 5.91 Å². The maximum absolute atomic E-state index is 13.3. The molecule has 8 heteroatoms. The lowest BCUT2D eigenvalue weighted by atomic mass is 10.0. The van der Waals surface area contributed by atoms with Crippen LogP contribution in [0.5, 0.6) is 0 Å². The Morgan fingerprint density at radius 2 is 1.75 bits per heavy atom. The number of hydrogen-bond donors (Lipinski definition) is 1. The van der Waals surface area contributed by atoms with Crippen molar-refractivity contribution >= 4 is 28.3 Å². The monoisotopic (exact) mass is 429 g/mol. The minimum Gasteiger partial charge on any atom is -0.333 e. The fourth-order valence-electron chi connectivity index (χ4n) is 3.89. The van der Waals surface area contributed by atoms with E-state index in [1.807, 2.05) is 31.7 Å². The highest BCUT2D eigenvalue weighted by Crippen LogP contribution is 2.28. The van der Waals surface area contributed by atoms with E-state index in [-0.39, 0.29) is 29.3 Å². The van der Waals surface area contributed by atoms with Crippen molar-refractivity contribution in [2.24, 2.45) is 5.92 Å². The van der Waals surface area contributed by atoms with E-state index >= 15 is 0 Å². The van der Waals surface area contributed by atoms with E-state index in [2.05, 4.69) is 12.2 Å². The predicted octanol–water partition coefficient (Wildman–Crippen LogP) is 2.58. The number of piperidine rings is 1. The fourth-order valence-corrected chi connectivity index (χ4v) is 5.68. The third kappa shape index (κ3) is 4.53. The van der Waals surface area contributed by atoms with E-state index in [9.17, 15) is 13.2 Å². The largest absolute Gasteiger partial charge is 0.333 e. The molecule has 28 heavy (non-hydrogen) atoms. The minimum absolute atomic E-state index is 0. The molecule has 2 saturated heterocycles. The quantitative estimate of drug-likeness (QED) is 0.801. The van der Waals surface area contributed by atoms with Crippen molar-refractivity contribution in [3.8, 4) is 0 Å². The number of hydrogen-bond acceptors (Lipinski definition) is 4. The first-order valence-electron chi connectivity index (χ1n) is 9.85. The summed E-state index contributed by atoms with van der Waals surface area (Å²) in [5, 5.41) is 3.28. The van der Waals surface area contributed by atoms with Gasteiger partial charge < -0.3 is 10.2 Å². The number of benzene rings is 1. The lowest BCUT2D eigenvalue weighted by Crippen LogP contribution is -2.52. The SMILES string of the molecule is Cc1cc(C(=O)N2CCNC[C@H]2C)cc(S(=O)(=O)N2CCC(C)CC2)c1C.Cl. The summed E-state index contributed by atoms with van der Waals surface area (Å²) in [7, 11) is -3.59. The van der Waals surface area contributed by atoms with E-state index < -0.39 is 10.0 Å². The van der Waals surface area contributed by atoms with Gasteiger partial charge >= 0.3 is 0 Å². The molecular formula is C20H32ClN3O3S. The molecule has 0 aliphatic carbocycles. The van der Waals surface area contributed by atoms with Gasteiger partial charge in [0.05, 0.1) is 4.90 Å². The number of amides is 1. The molecule has 0 saturated carbocycles. The summed E-state index contributed by atoms with van der Waals surface area (Å²) in [6.07, 6.45) is 1.77. The number of piperazine rings is 1. The molecule has 1 aromatic rings. The van der Waals surface area contributed by atoms with E-state index in [0.29, 0.717) is 31.1 Å². The average molecular weight is 430 g/mol. The zero-order valence-electron chi connectivity index (χ0n) is 17.2. The van der Waals surface area contributed by atoms with Crippen LogP contribution in [0.1, 0.15) is 48.2 Å². The van der Waals surface area contributed by atoms with Crippen molar-refractivity contribution in [1.29, 1.82) is 0 Å². The second-order valence-electron chi connectivity index (χ2n) is 8.05. The van der Waals surface area contributed by atoms with Gasteiger partial charge in [-0.25, -0.2) is 8.42 Å². The number of aryl methyl sites for hydroxylation is 1. The van der Waals surface area contributed by atoms with E-state index in [1.165, 1.54) is 0 Å². The Morgan fingerprint density at radius 3 is 2.36 bits per heavy atom. The molecule has 0 radical (unpaired) electrons. The van der Waals surface area contributed by atoms with Crippen LogP contribution in [-0.4, -0.2) is 62.3 Å². The summed E-state index contributed by atoms with van der Waals surface area (Å²) in [5.74, 6) is 0.470. The van der Waals surface area contributed by atoms with Crippen molar-refractivity contribution in [1.82, 2.24) is 14.5 Å². The number of nitrogens with zero attached hydrogens (tertiary/aromatic N) is 2. The highest BCUT2D eigenvalue weighted by atomic mass is 35.5. The lowest BCUT2D eigenvalue weighted by Gasteiger charge is -2.34. The molecule has 2 aliphatic heterocycles.